The molecule has 0 aliphatic heterocycles. The van der Waals surface area contributed by atoms with Crippen LogP contribution in [0.5, 0.6) is 0 Å². The quantitative estimate of drug-likeness (QED) is 0.748. The number of esters is 1. The van der Waals surface area contributed by atoms with Crippen molar-refractivity contribution in [2.24, 2.45) is 5.92 Å². The molecule has 17 heavy (non-hydrogen) atoms. The van der Waals surface area contributed by atoms with Crippen LogP contribution in [0.2, 0.25) is 0 Å². The van der Waals surface area contributed by atoms with Crippen LogP contribution in [0, 0.1) is 5.92 Å². The lowest BCUT2D eigenvalue weighted by Crippen LogP contribution is -2.43. The largest absolute Gasteiger partial charge is 0.512 e. The van der Waals surface area contributed by atoms with Crippen molar-refractivity contribution >= 4 is 5.97 Å². The summed E-state index contributed by atoms with van der Waals surface area (Å²) in [5.74, 6) is 0.292. The van der Waals surface area contributed by atoms with E-state index < -0.39 is 0 Å². The lowest BCUT2D eigenvalue weighted by molar-refractivity contribution is -0.166. The molecule has 94 valence electrons. The second-order valence-electron chi connectivity index (χ2n) is 5.07. The molecular weight excluding hydrogens is 216 g/mol. The average molecular weight is 236 g/mol. The highest BCUT2D eigenvalue weighted by Crippen LogP contribution is 2.42. The van der Waals surface area contributed by atoms with Gasteiger partial charge in [-0.1, -0.05) is 18.6 Å². The van der Waals surface area contributed by atoms with Crippen molar-refractivity contribution in [3.63, 3.8) is 0 Å². The van der Waals surface area contributed by atoms with Crippen LogP contribution < -0.4 is 0 Å². The second-order valence-corrected chi connectivity index (χ2v) is 5.07. The zero-order valence-corrected chi connectivity index (χ0v) is 10.3. The number of carbonyl (C=O) groups is 1. The van der Waals surface area contributed by atoms with Gasteiger partial charge in [-0.15, -0.1) is 0 Å². The van der Waals surface area contributed by atoms with Gasteiger partial charge in [-0.2, -0.15) is 0 Å². The van der Waals surface area contributed by atoms with Gasteiger partial charge >= 0.3 is 5.97 Å². The number of aliphatic hydroxyl groups is 1. The third-order valence-corrected chi connectivity index (χ3v) is 3.78. The molecule has 2 rings (SSSR count). The maximum absolute atomic E-state index is 11.3. The molecule has 3 nitrogen and oxygen atoms in total. The van der Waals surface area contributed by atoms with Crippen molar-refractivity contribution < 1.29 is 14.6 Å². The minimum atomic E-state index is -0.386. The highest BCUT2D eigenvalue weighted by Gasteiger charge is 2.42. The third-order valence-electron chi connectivity index (χ3n) is 3.78. The van der Waals surface area contributed by atoms with Crippen LogP contribution in [0.1, 0.15) is 45.4 Å². The van der Waals surface area contributed by atoms with Gasteiger partial charge in [0.2, 0.25) is 0 Å². The molecule has 1 unspecified atom stereocenters. The molecule has 0 aromatic carbocycles. The number of carbonyl (C=O) groups excluding carboxylic acids is 1. The number of hydrogen-bond donors (Lipinski definition) is 1. The Hall–Kier alpha value is -1.25. The number of hydrogen-bond acceptors (Lipinski definition) is 3. The Labute approximate surface area is 102 Å². The Morgan fingerprint density at radius 3 is 2.71 bits per heavy atom. The monoisotopic (exact) mass is 236 g/mol. The van der Waals surface area contributed by atoms with Crippen molar-refractivity contribution in [3.05, 3.63) is 24.0 Å². The van der Waals surface area contributed by atoms with Crippen molar-refractivity contribution in [3.8, 4) is 0 Å². The molecule has 2 aliphatic rings. The van der Waals surface area contributed by atoms with E-state index in [1.54, 1.807) is 6.08 Å². The minimum Gasteiger partial charge on any atom is -0.512 e. The van der Waals surface area contributed by atoms with Gasteiger partial charge in [-0.05, 0) is 31.8 Å². The van der Waals surface area contributed by atoms with Crippen LogP contribution in [0.25, 0.3) is 0 Å². The van der Waals surface area contributed by atoms with Crippen molar-refractivity contribution in [2.75, 3.05) is 0 Å². The summed E-state index contributed by atoms with van der Waals surface area (Å²) in [7, 11) is 0. The van der Waals surface area contributed by atoms with Gasteiger partial charge in [0.05, 0.1) is 5.76 Å². The fraction of sp³-hybridized carbons (Fsp3) is 0.643. The molecule has 0 radical (unpaired) electrons. The first-order valence-electron chi connectivity index (χ1n) is 6.38. The third kappa shape index (κ3) is 2.71. The van der Waals surface area contributed by atoms with Crippen LogP contribution in [0.4, 0.5) is 0 Å². The first-order valence-corrected chi connectivity index (χ1v) is 6.38. The lowest BCUT2D eigenvalue weighted by Gasteiger charge is -2.42. The number of aliphatic hydroxyl groups excluding tert-OH is 1. The molecule has 0 aromatic heterocycles. The number of allylic oxidation sites excluding steroid dienone is 3. The fourth-order valence-corrected chi connectivity index (χ4v) is 3.01. The van der Waals surface area contributed by atoms with Crippen molar-refractivity contribution in [1.29, 1.82) is 0 Å². The minimum absolute atomic E-state index is 0.122. The normalized spacial score (nSPS) is 27.4. The van der Waals surface area contributed by atoms with E-state index in [-0.39, 0.29) is 17.5 Å². The maximum atomic E-state index is 11.3. The molecule has 1 atom stereocenters. The SMILES string of the molecule is CC(=O)OC1(C2C=CC=C(O)C2)CCCCC1. The smallest absolute Gasteiger partial charge is 0.303 e. The van der Waals surface area contributed by atoms with Crippen molar-refractivity contribution in [2.45, 2.75) is 51.0 Å². The molecule has 0 aromatic rings. The first kappa shape index (κ1) is 12.2. The number of ether oxygens (including phenoxy) is 1. The summed E-state index contributed by atoms with van der Waals surface area (Å²) < 4.78 is 5.64. The average Bonchev–Trinajstić information content (AvgIpc) is 2.29. The van der Waals surface area contributed by atoms with E-state index in [0.29, 0.717) is 12.2 Å². The topological polar surface area (TPSA) is 46.5 Å². The molecule has 0 amide bonds. The Kier molecular flexibility index (Phi) is 3.55. The van der Waals surface area contributed by atoms with Crippen LogP contribution in [0.15, 0.2) is 24.0 Å². The fourth-order valence-electron chi connectivity index (χ4n) is 3.01. The zero-order valence-electron chi connectivity index (χ0n) is 10.3. The Balaban J connectivity index is 2.17. The molecule has 3 heteroatoms. The molecular formula is C14H20O3. The van der Waals surface area contributed by atoms with E-state index in [1.807, 2.05) is 6.08 Å². The second kappa shape index (κ2) is 4.94. The van der Waals surface area contributed by atoms with E-state index in [2.05, 4.69) is 6.08 Å². The van der Waals surface area contributed by atoms with Gasteiger partial charge in [0, 0.05) is 19.3 Å². The highest BCUT2D eigenvalue weighted by atomic mass is 16.6. The van der Waals surface area contributed by atoms with Crippen molar-refractivity contribution in [1.82, 2.24) is 0 Å². The van der Waals surface area contributed by atoms with Crippen LogP contribution >= 0.6 is 0 Å². The van der Waals surface area contributed by atoms with Gasteiger partial charge in [-0.25, -0.2) is 0 Å². The van der Waals surface area contributed by atoms with E-state index in [4.69, 9.17) is 4.74 Å². The first-order chi connectivity index (χ1) is 8.12. The van der Waals surface area contributed by atoms with E-state index >= 15 is 0 Å². The molecule has 1 saturated carbocycles. The molecule has 0 bridgehead atoms. The summed E-state index contributed by atoms with van der Waals surface area (Å²) >= 11 is 0. The van der Waals surface area contributed by atoms with Gasteiger partial charge in [0.15, 0.2) is 0 Å². The molecule has 1 N–H and O–H groups in total. The van der Waals surface area contributed by atoms with E-state index in [9.17, 15) is 9.90 Å². The highest BCUT2D eigenvalue weighted by molar-refractivity contribution is 5.66. The van der Waals surface area contributed by atoms with E-state index in [1.165, 1.54) is 13.3 Å². The standard InChI is InChI=1S/C14H20O3/c1-11(15)17-14(8-3-2-4-9-14)12-6-5-7-13(16)10-12/h5-7,12,16H,2-4,8-10H2,1H3. The van der Waals surface area contributed by atoms with Crippen LogP contribution in [-0.4, -0.2) is 16.7 Å². The maximum Gasteiger partial charge on any atom is 0.303 e. The molecule has 1 fully saturated rings. The van der Waals surface area contributed by atoms with Gasteiger partial charge < -0.3 is 9.84 Å². The number of rotatable bonds is 2. The predicted molar refractivity (Wildman–Crippen MR) is 65.5 cm³/mol. The molecule has 0 heterocycles. The summed E-state index contributed by atoms with van der Waals surface area (Å²) in [6, 6.07) is 0. The van der Waals surface area contributed by atoms with Gasteiger partial charge in [-0.3, -0.25) is 4.79 Å². The van der Waals surface area contributed by atoms with Gasteiger partial charge in [0.1, 0.15) is 5.60 Å². The molecule has 2 aliphatic carbocycles. The van der Waals surface area contributed by atoms with Gasteiger partial charge in [0.25, 0.3) is 0 Å². The lowest BCUT2D eigenvalue weighted by atomic mass is 9.72. The molecule has 0 spiro atoms. The zero-order chi connectivity index (χ0) is 12.3. The summed E-state index contributed by atoms with van der Waals surface area (Å²) in [4.78, 5) is 11.3. The molecule has 0 saturated heterocycles. The predicted octanol–water partition coefficient (Wildman–Crippen LogP) is 3.27. The Morgan fingerprint density at radius 2 is 2.12 bits per heavy atom. The summed E-state index contributed by atoms with van der Waals surface area (Å²) in [6.07, 6.45) is 11.5. The Bertz CT molecular complexity index is 348. The van der Waals surface area contributed by atoms with Crippen LogP contribution in [0.3, 0.4) is 0 Å². The summed E-state index contributed by atoms with van der Waals surface area (Å²) in [5.41, 5.74) is -0.386. The van der Waals surface area contributed by atoms with Crippen LogP contribution in [-0.2, 0) is 9.53 Å². The summed E-state index contributed by atoms with van der Waals surface area (Å²) in [6.45, 7) is 1.47. The van der Waals surface area contributed by atoms with E-state index in [0.717, 1.165) is 25.7 Å². The summed E-state index contributed by atoms with van der Waals surface area (Å²) in [5, 5.41) is 9.63. The Morgan fingerprint density at radius 1 is 1.41 bits per heavy atom.